The van der Waals surface area contributed by atoms with Gasteiger partial charge in [-0.1, -0.05) is 5.10 Å². The number of tetrazole rings is 1. The van der Waals surface area contributed by atoms with Gasteiger partial charge in [-0.05, 0) is 17.3 Å². The summed E-state index contributed by atoms with van der Waals surface area (Å²) in [4.78, 5) is 12.8. The van der Waals surface area contributed by atoms with Gasteiger partial charge in [0, 0.05) is 5.56 Å². The first kappa shape index (κ1) is 17.0. The van der Waals surface area contributed by atoms with Crippen molar-refractivity contribution in [2.75, 3.05) is 27.1 Å². The highest BCUT2D eigenvalue weighted by atomic mass is 16.5. The largest absolute Gasteiger partial charge is 0.493 e. The molecule has 1 aromatic carbocycles. The van der Waals surface area contributed by atoms with Gasteiger partial charge < -0.3 is 19.9 Å². The molecule has 0 radical (unpaired) electrons. The van der Waals surface area contributed by atoms with Crippen LogP contribution in [0.25, 0.3) is 0 Å². The van der Waals surface area contributed by atoms with E-state index in [1.807, 2.05) is 0 Å². The number of rotatable bonds is 7. The Morgan fingerprint density at radius 1 is 1.29 bits per heavy atom. The summed E-state index contributed by atoms with van der Waals surface area (Å²) in [5.41, 5.74) is 8.29. The van der Waals surface area contributed by atoms with Gasteiger partial charge in [0.1, 0.15) is 6.54 Å². The maximum atomic E-state index is 11.7. The summed E-state index contributed by atoms with van der Waals surface area (Å²) < 4.78 is 15.7. The van der Waals surface area contributed by atoms with Crippen molar-refractivity contribution in [2.24, 2.45) is 5.10 Å². The number of methoxy groups -OCH3 is 3. The number of nitrogens with two attached hydrogens (primary N) is 1. The van der Waals surface area contributed by atoms with E-state index in [9.17, 15) is 4.79 Å². The van der Waals surface area contributed by atoms with E-state index in [1.165, 1.54) is 27.5 Å². The molecule has 11 heteroatoms. The molecule has 0 aliphatic carbocycles. The van der Waals surface area contributed by atoms with Gasteiger partial charge in [-0.25, -0.2) is 5.43 Å². The van der Waals surface area contributed by atoms with Crippen LogP contribution in [-0.2, 0) is 11.3 Å². The average Bonchev–Trinajstić information content (AvgIpc) is 2.98. The predicted molar refractivity (Wildman–Crippen MR) is 84.1 cm³/mol. The van der Waals surface area contributed by atoms with Crippen molar-refractivity contribution in [2.45, 2.75) is 6.54 Å². The number of nitrogens with zero attached hydrogens (tertiary/aromatic N) is 5. The predicted octanol–water partition coefficient (Wildman–Crippen LogP) is -0.569. The monoisotopic (exact) mass is 335 g/mol. The highest BCUT2D eigenvalue weighted by molar-refractivity contribution is 5.84. The van der Waals surface area contributed by atoms with Crippen LogP contribution in [0.2, 0.25) is 0 Å². The van der Waals surface area contributed by atoms with Crippen molar-refractivity contribution < 1.29 is 19.0 Å². The number of amides is 1. The quantitative estimate of drug-likeness (QED) is 0.506. The van der Waals surface area contributed by atoms with E-state index in [0.717, 1.165) is 4.80 Å². The fourth-order valence-corrected chi connectivity index (χ4v) is 1.84. The molecule has 0 bridgehead atoms. The highest BCUT2D eigenvalue weighted by Gasteiger charge is 2.12. The fourth-order valence-electron chi connectivity index (χ4n) is 1.84. The minimum absolute atomic E-state index is 0.0104. The van der Waals surface area contributed by atoms with Crippen molar-refractivity contribution >= 4 is 18.1 Å². The molecule has 0 unspecified atom stereocenters. The molecule has 11 nitrogen and oxygen atoms in total. The van der Waals surface area contributed by atoms with E-state index >= 15 is 0 Å². The van der Waals surface area contributed by atoms with E-state index in [2.05, 4.69) is 25.9 Å². The van der Waals surface area contributed by atoms with Crippen molar-refractivity contribution in [3.8, 4) is 17.2 Å². The Labute approximate surface area is 137 Å². The number of hydrazone groups is 1. The van der Waals surface area contributed by atoms with Crippen LogP contribution in [0.1, 0.15) is 5.56 Å². The number of benzene rings is 1. The van der Waals surface area contributed by atoms with Crippen LogP contribution >= 0.6 is 0 Å². The molecular weight excluding hydrogens is 318 g/mol. The number of carbonyl (C=O) groups excluding carboxylic acids is 1. The molecule has 1 amide bonds. The number of ether oxygens (including phenoxy) is 3. The zero-order chi connectivity index (χ0) is 17.5. The lowest BCUT2D eigenvalue weighted by Crippen LogP contribution is -2.24. The Bertz CT molecular complexity index is 719. The van der Waals surface area contributed by atoms with Gasteiger partial charge in [0.2, 0.25) is 5.75 Å². The fraction of sp³-hybridized carbons (Fsp3) is 0.308. The van der Waals surface area contributed by atoms with Crippen LogP contribution in [0.5, 0.6) is 17.2 Å². The molecule has 0 aliphatic rings. The van der Waals surface area contributed by atoms with E-state index in [4.69, 9.17) is 19.9 Å². The van der Waals surface area contributed by atoms with Gasteiger partial charge in [-0.3, -0.25) is 4.79 Å². The molecule has 3 N–H and O–H groups in total. The number of hydrogen-bond donors (Lipinski definition) is 2. The Balaban J connectivity index is 2.04. The standard InChI is InChI=1S/C13H17N7O4/c1-22-9-4-8(5-10(23-2)12(9)24-3)6-15-16-11(21)7-20-18-13(14)17-19-20/h4-6H,7H2,1-3H3,(H2,14,18)(H,16,21)/b15-6-. The first-order valence-corrected chi connectivity index (χ1v) is 6.72. The van der Waals surface area contributed by atoms with Gasteiger partial charge in [0.05, 0.1) is 27.5 Å². The van der Waals surface area contributed by atoms with Crippen LogP contribution in [0.4, 0.5) is 5.95 Å². The molecule has 1 heterocycles. The number of hydrogen-bond acceptors (Lipinski definition) is 9. The van der Waals surface area contributed by atoms with E-state index in [1.54, 1.807) is 12.1 Å². The van der Waals surface area contributed by atoms with Crippen LogP contribution in [0.3, 0.4) is 0 Å². The van der Waals surface area contributed by atoms with Gasteiger partial charge in [-0.2, -0.15) is 9.90 Å². The Morgan fingerprint density at radius 3 is 2.46 bits per heavy atom. The highest BCUT2D eigenvalue weighted by Crippen LogP contribution is 2.37. The lowest BCUT2D eigenvalue weighted by Gasteiger charge is -2.12. The first-order chi connectivity index (χ1) is 11.6. The number of nitrogen functional groups attached to an aromatic ring is 1. The SMILES string of the molecule is COc1cc(/C=N\NC(=O)Cn2nnc(N)n2)cc(OC)c1OC. The van der Waals surface area contributed by atoms with E-state index in [-0.39, 0.29) is 12.5 Å². The third-order valence-corrected chi connectivity index (χ3v) is 2.84. The Kier molecular flexibility index (Phi) is 5.49. The molecular formula is C13H17N7O4. The van der Waals surface area contributed by atoms with Gasteiger partial charge in [0.15, 0.2) is 11.5 Å². The lowest BCUT2D eigenvalue weighted by molar-refractivity contribution is -0.122. The van der Waals surface area contributed by atoms with E-state index in [0.29, 0.717) is 22.8 Å². The number of anilines is 1. The molecule has 2 rings (SSSR count). The zero-order valence-electron chi connectivity index (χ0n) is 13.4. The summed E-state index contributed by atoms with van der Waals surface area (Å²) in [5.74, 6) is 0.981. The van der Waals surface area contributed by atoms with Crippen LogP contribution in [0.15, 0.2) is 17.2 Å². The van der Waals surface area contributed by atoms with Gasteiger partial charge in [0.25, 0.3) is 11.9 Å². The third kappa shape index (κ3) is 4.09. The molecule has 1 aromatic heterocycles. The second kappa shape index (κ2) is 7.76. The normalized spacial score (nSPS) is 10.6. The minimum Gasteiger partial charge on any atom is -0.493 e. The summed E-state index contributed by atoms with van der Waals surface area (Å²) in [6, 6.07) is 3.38. The maximum Gasteiger partial charge on any atom is 0.263 e. The molecule has 0 aliphatic heterocycles. The minimum atomic E-state index is -0.434. The molecule has 0 fully saturated rings. The van der Waals surface area contributed by atoms with Crippen LogP contribution in [0, 0.1) is 0 Å². The van der Waals surface area contributed by atoms with Crippen LogP contribution < -0.4 is 25.4 Å². The van der Waals surface area contributed by atoms with Crippen LogP contribution in [-0.4, -0.2) is 53.7 Å². The van der Waals surface area contributed by atoms with Crippen molar-refractivity contribution in [3.05, 3.63) is 17.7 Å². The van der Waals surface area contributed by atoms with Gasteiger partial charge in [-0.15, -0.1) is 5.10 Å². The topological polar surface area (TPSA) is 139 Å². The Hall–Kier alpha value is -3.37. The summed E-state index contributed by atoms with van der Waals surface area (Å²) in [6.45, 7) is -0.156. The number of carbonyl (C=O) groups is 1. The molecule has 24 heavy (non-hydrogen) atoms. The summed E-state index contributed by atoms with van der Waals surface area (Å²) in [5, 5.41) is 14.6. The second-order valence-electron chi connectivity index (χ2n) is 4.43. The van der Waals surface area contributed by atoms with Gasteiger partial charge >= 0.3 is 0 Å². The summed E-state index contributed by atoms with van der Waals surface area (Å²) >= 11 is 0. The van der Waals surface area contributed by atoms with Crippen molar-refractivity contribution in [1.29, 1.82) is 0 Å². The summed E-state index contributed by atoms with van der Waals surface area (Å²) in [7, 11) is 4.53. The maximum absolute atomic E-state index is 11.7. The summed E-state index contributed by atoms with van der Waals surface area (Å²) in [6.07, 6.45) is 1.44. The van der Waals surface area contributed by atoms with Crippen molar-refractivity contribution in [1.82, 2.24) is 25.6 Å². The lowest BCUT2D eigenvalue weighted by atomic mass is 10.2. The average molecular weight is 335 g/mol. The smallest absolute Gasteiger partial charge is 0.263 e. The third-order valence-electron chi connectivity index (χ3n) is 2.84. The molecule has 0 spiro atoms. The van der Waals surface area contributed by atoms with E-state index < -0.39 is 5.91 Å². The molecule has 128 valence electrons. The molecule has 0 saturated heterocycles. The number of nitrogens with one attached hydrogen (secondary N) is 1. The first-order valence-electron chi connectivity index (χ1n) is 6.72. The second-order valence-corrected chi connectivity index (χ2v) is 4.43. The molecule has 2 aromatic rings. The number of aromatic nitrogens is 4. The molecule has 0 atom stereocenters. The zero-order valence-corrected chi connectivity index (χ0v) is 13.4. The van der Waals surface area contributed by atoms with Crippen molar-refractivity contribution in [3.63, 3.8) is 0 Å². The molecule has 0 saturated carbocycles. The Morgan fingerprint density at radius 2 is 1.96 bits per heavy atom.